The summed E-state index contributed by atoms with van der Waals surface area (Å²) in [5.41, 5.74) is 7.08. The molecular weight excluding hydrogens is 268 g/mol. The maximum atomic E-state index is 12.5. The smallest absolute Gasteiger partial charge is 0.227 e. The Kier molecular flexibility index (Phi) is 3.66. The van der Waals surface area contributed by atoms with E-state index in [2.05, 4.69) is 5.32 Å². The lowest BCUT2D eigenvalue weighted by atomic mass is 9.88. The second kappa shape index (κ2) is 5.47. The van der Waals surface area contributed by atoms with Crippen LogP contribution in [-0.4, -0.2) is 20.1 Å². The van der Waals surface area contributed by atoms with Gasteiger partial charge in [0.1, 0.15) is 0 Å². The fraction of sp³-hybridized carbons (Fsp3) is 0.562. The van der Waals surface area contributed by atoms with E-state index in [1.807, 2.05) is 0 Å². The van der Waals surface area contributed by atoms with Crippen LogP contribution in [0.1, 0.15) is 25.7 Å². The summed E-state index contributed by atoms with van der Waals surface area (Å²) in [5, 5.41) is 2.96. The van der Waals surface area contributed by atoms with Crippen molar-refractivity contribution in [2.24, 2.45) is 17.8 Å². The normalized spacial score (nSPS) is 26.7. The minimum atomic E-state index is 0.0844. The first kappa shape index (κ1) is 14.0. The number of rotatable bonds is 4. The Balaban J connectivity index is 1.76. The molecule has 3 rings (SSSR count). The first-order chi connectivity index (χ1) is 10.1. The van der Waals surface area contributed by atoms with E-state index < -0.39 is 0 Å². The SMILES string of the molecule is COc1cc(N)c(NC(=O)C2CC3CCC2C3)cc1OC. The van der Waals surface area contributed by atoms with E-state index in [0.717, 1.165) is 12.3 Å². The van der Waals surface area contributed by atoms with Crippen molar-refractivity contribution in [2.75, 3.05) is 25.3 Å². The number of amides is 1. The van der Waals surface area contributed by atoms with Gasteiger partial charge in [-0.3, -0.25) is 4.79 Å². The number of nitrogens with two attached hydrogens (primary N) is 1. The third kappa shape index (κ3) is 2.52. The number of nitrogens with one attached hydrogen (secondary N) is 1. The molecule has 5 nitrogen and oxygen atoms in total. The van der Waals surface area contributed by atoms with Gasteiger partial charge in [-0.1, -0.05) is 6.42 Å². The number of fused-ring (bicyclic) bond motifs is 2. The monoisotopic (exact) mass is 290 g/mol. The van der Waals surface area contributed by atoms with E-state index in [0.29, 0.717) is 28.8 Å². The summed E-state index contributed by atoms with van der Waals surface area (Å²) in [6, 6.07) is 3.40. The zero-order valence-electron chi connectivity index (χ0n) is 12.5. The molecule has 5 heteroatoms. The van der Waals surface area contributed by atoms with Crippen LogP contribution in [0.25, 0.3) is 0 Å². The summed E-state index contributed by atoms with van der Waals surface area (Å²) in [6.07, 6.45) is 4.69. The zero-order valence-corrected chi connectivity index (χ0v) is 12.5. The molecule has 1 amide bonds. The molecule has 21 heavy (non-hydrogen) atoms. The van der Waals surface area contributed by atoms with Crippen molar-refractivity contribution in [3.63, 3.8) is 0 Å². The third-order valence-electron chi connectivity index (χ3n) is 4.89. The number of anilines is 2. The minimum Gasteiger partial charge on any atom is -0.493 e. The van der Waals surface area contributed by atoms with Crippen LogP contribution in [0.3, 0.4) is 0 Å². The molecule has 2 fully saturated rings. The summed E-state index contributed by atoms with van der Waals surface area (Å²) >= 11 is 0. The molecule has 0 heterocycles. The van der Waals surface area contributed by atoms with Crippen LogP contribution in [0.2, 0.25) is 0 Å². The number of methoxy groups -OCH3 is 2. The van der Waals surface area contributed by atoms with Gasteiger partial charge in [0.05, 0.1) is 25.6 Å². The molecule has 2 aliphatic carbocycles. The van der Waals surface area contributed by atoms with Crippen LogP contribution in [-0.2, 0) is 4.79 Å². The summed E-state index contributed by atoms with van der Waals surface area (Å²) < 4.78 is 10.5. The molecule has 3 atom stereocenters. The molecule has 0 spiro atoms. The van der Waals surface area contributed by atoms with Gasteiger partial charge in [-0.05, 0) is 31.1 Å². The molecule has 0 aromatic heterocycles. The molecular formula is C16H22N2O3. The van der Waals surface area contributed by atoms with E-state index in [1.54, 1.807) is 26.4 Å². The lowest BCUT2D eigenvalue weighted by Crippen LogP contribution is -2.27. The van der Waals surface area contributed by atoms with E-state index >= 15 is 0 Å². The fourth-order valence-electron chi connectivity index (χ4n) is 3.79. The van der Waals surface area contributed by atoms with Gasteiger partial charge in [0.25, 0.3) is 0 Å². The molecule has 114 valence electrons. The lowest BCUT2D eigenvalue weighted by Gasteiger charge is -2.21. The molecule has 1 aromatic carbocycles. The number of carbonyl (C=O) groups excluding carboxylic acids is 1. The van der Waals surface area contributed by atoms with E-state index in [9.17, 15) is 4.79 Å². The molecule has 1 aromatic rings. The molecule has 2 saturated carbocycles. The van der Waals surface area contributed by atoms with Gasteiger partial charge in [-0.15, -0.1) is 0 Å². The van der Waals surface area contributed by atoms with E-state index in [1.165, 1.54) is 19.3 Å². The van der Waals surface area contributed by atoms with Crippen LogP contribution in [0.4, 0.5) is 11.4 Å². The van der Waals surface area contributed by atoms with Gasteiger partial charge in [-0.25, -0.2) is 0 Å². The summed E-state index contributed by atoms with van der Waals surface area (Å²) in [5.74, 6) is 2.64. The molecule has 0 saturated heterocycles. The van der Waals surface area contributed by atoms with Crippen molar-refractivity contribution in [3.8, 4) is 11.5 Å². The Labute approximate surface area is 124 Å². The highest BCUT2D eigenvalue weighted by Gasteiger charge is 2.43. The lowest BCUT2D eigenvalue weighted by molar-refractivity contribution is -0.121. The Morgan fingerprint density at radius 1 is 1.19 bits per heavy atom. The Morgan fingerprint density at radius 3 is 2.48 bits per heavy atom. The minimum absolute atomic E-state index is 0.0844. The molecule has 0 radical (unpaired) electrons. The highest BCUT2D eigenvalue weighted by Crippen LogP contribution is 2.48. The average molecular weight is 290 g/mol. The first-order valence-electron chi connectivity index (χ1n) is 7.44. The largest absolute Gasteiger partial charge is 0.493 e. The van der Waals surface area contributed by atoms with Gasteiger partial charge < -0.3 is 20.5 Å². The van der Waals surface area contributed by atoms with Gasteiger partial charge >= 0.3 is 0 Å². The van der Waals surface area contributed by atoms with Crippen molar-refractivity contribution >= 4 is 17.3 Å². The second-order valence-corrected chi connectivity index (χ2v) is 6.07. The maximum absolute atomic E-state index is 12.5. The summed E-state index contributed by atoms with van der Waals surface area (Å²) in [7, 11) is 3.13. The van der Waals surface area contributed by atoms with Gasteiger partial charge in [-0.2, -0.15) is 0 Å². The molecule has 0 aliphatic heterocycles. The van der Waals surface area contributed by atoms with Gasteiger partial charge in [0.15, 0.2) is 11.5 Å². The van der Waals surface area contributed by atoms with Crippen molar-refractivity contribution in [1.82, 2.24) is 0 Å². The topological polar surface area (TPSA) is 73.6 Å². The molecule has 2 aliphatic rings. The van der Waals surface area contributed by atoms with Gasteiger partial charge in [0, 0.05) is 18.1 Å². The predicted molar refractivity (Wildman–Crippen MR) is 81.5 cm³/mol. The molecule has 2 bridgehead atoms. The van der Waals surface area contributed by atoms with Crippen LogP contribution >= 0.6 is 0 Å². The molecule has 3 N–H and O–H groups in total. The molecule has 3 unspecified atom stereocenters. The van der Waals surface area contributed by atoms with Crippen molar-refractivity contribution in [3.05, 3.63) is 12.1 Å². The first-order valence-corrected chi connectivity index (χ1v) is 7.44. The second-order valence-electron chi connectivity index (χ2n) is 6.07. The predicted octanol–water partition coefficient (Wildman–Crippen LogP) is 2.66. The Morgan fingerprint density at radius 2 is 1.90 bits per heavy atom. The highest BCUT2D eigenvalue weighted by atomic mass is 16.5. The highest BCUT2D eigenvalue weighted by molar-refractivity contribution is 5.96. The van der Waals surface area contributed by atoms with Crippen molar-refractivity contribution < 1.29 is 14.3 Å². The fourth-order valence-corrected chi connectivity index (χ4v) is 3.79. The number of hydrogen-bond acceptors (Lipinski definition) is 4. The number of ether oxygens (including phenoxy) is 2. The summed E-state index contributed by atoms with van der Waals surface area (Å²) in [4.78, 5) is 12.5. The van der Waals surface area contributed by atoms with E-state index in [-0.39, 0.29) is 11.8 Å². The van der Waals surface area contributed by atoms with Crippen LogP contribution in [0, 0.1) is 17.8 Å². The maximum Gasteiger partial charge on any atom is 0.227 e. The average Bonchev–Trinajstić information content (AvgIpc) is 3.11. The zero-order chi connectivity index (χ0) is 15.0. The quantitative estimate of drug-likeness (QED) is 0.836. The van der Waals surface area contributed by atoms with Gasteiger partial charge in [0.2, 0.25) is 5.91 Å². The summed E-state index contributed by atoms with van der Waals surface area (Å²) in [6.45, 7) is 0. The number of carbonyl (C=O) groups is 1. The number of nitrogen functional groups attached to an aromatic ring is 1. The van der Waals surface area contributed by atoms with Crippen molar-refractivity contribution in [2.45, 2.75) is 25.7 Å². The van der Waals surface area contributed by atoms with Crippen LogP contribution < -0.4 is 20.5 Å². The van der Waals surface area contributed by atoms with E-state index in [4.69, 9.17) is 15.2 Å². The van der Waals surface area contributed by atoms with Crippen LogP contribution in [0.5, 0.6) is 11.5 Å². The standard InChI is InChI=1S/C16H22N2O3/c1-20-14-7-12(17)13(8-15(14)21-2)18-16(19)11-6-9-3-4-10(11)5-9/h7-11H,3-6,17H2,1-2H3,(H,18,19). The number of benzene rings is 1. The number of hydrogen-bond donors (Lipinski definition) is 2. The van der Waals surface area contributed by atoms with Crippen LogP contribution in [0.15, 0.2) is 12.1 Å². The van der Waals surface area contributed by atoms with Crippen molar-refractivity contribution in [1.29, 1.82) is 0 Å². The Hall–Kier alpha value is -1.91. The Bertz CT molecular complexity index is 559. The third-order valence-corrected chi connectivity index (χ3v) is 4.89.